The van der Waals surface area contributed by atoms with Crippen molar-refractivity contribution in [2.45, 2.75) is 26.3 Å². The molecule has 0 fully saturated rings. The minimum absolute atomic E-state index is 0.152. The summed E-state index contributed by atoms with van der Waals surface area (Å²) in [4.78, 5) is 11.7. The Morgan fingerprint density at radius 2 is 2.17 bits per heavy atom. The number of aliphatic hydroxyl groups is 1. The number of aryl methyl sites for hydroxylation is 1. The lowest BCUT2D eigenvalue weighted by Crippen LogP contribution is -2.12. The van der Waals surface area contributed by atoms with Crippen molar-refractivity contribution in [2.24, 2.45) is 0 Å². The first-order valence-electron chi connectivity index (χ1n) is 5.87. The number of rotatable bonds is 8. The third-order valence-electron chi connectivity index (χ3n) is 2.47. The Hall–Kier alpha value is -1.47. The van der Waals surface area contributed by atoms with Gasteiger partial charge in [-0.1, -0.05) is 5.21 Å². The predicted octanol–water partition coefficient (Wildman–Crippen LogP) is 0.162. The highest BCUT2D eigenvalue weighted by molar-refractivity contribution is 5.88. The number of unbranched alkanes of at least 4 members (excludes halogenated alkanes) is 1. The van der Waals surface area contributed by atoms with Crippen molar-refractivity contribution in [1.29, 1.82) is 0 Å². The van der Waals surface area contributed by atoms with Gasteiger partial charge in [-0.2, -0.15) is 0 Å². The fourth-order valence-corrected chi connectivity index (χ4v) is 1.42. The number of carbonyl (C=O) groups is 1. The summed E-state index contributed by atoms with van der Waals surface area (Å²) in [6, 6.07) is 0. The summed E-state index contributed by atoms with van der Waals surface area (Å²) in [7, 11) is 1.54. The van der Waals surface area contributed by atoms with Crippen LogP contribution < -0.4 is 0 Å². The van der Waals surface area contributed by atoms with Gasteiger partial charge < -0.3 is 14.6 Å². The van der Waals surface area contributed by atoms with Crippen LogP contribution in [0.2, 0.25) is 0 Å². The normalized spacial score (nSPS) is 10.6. The Morgan fingerprint density at radius 3 is 2.83 bits per heavy atom. The van der Waals surface area contributed by atoms with Gasteiger partial charge in [-0.3, -0.25) is 0 Å². The highest BCUT2D eigenvalue weighted by Crippen LogP contribution is 2.06. The van der Waals surface area contributed by atoms with E-state index in [-0.39, 0.29) is 18.9 Å². The molecule has 0 radical (unpaired) electrons. The minimum Gasteiger partial charge on any atom is -0.458 e. The van der Waals surface area contributed by atoms with Crippen LogP contribution in [0.4, 0.5) is 0 Å². The van der Waals surface area contributed by atoms with E-state index < -0.39 is 5.97 Å². The van der Waals surface area contributed by atoms with Crippen LogP contribution in [0.15, 0.2) is 0 Å². The Bertz CT molecular complexity index is 378. The van der Waals surface area contributed by atoms with Crippen LogP contribution in [-0.2, 0) is 16.0 Å². The number of carbonyl (C=O) groups excluding carboxylic acids is 1. The van der Waals surface area contributed by atoms with Crippen molar-refractivity contribution in [2.75, 3.05) is 26.9 Å². The van der Waals surface area contributed by atoms with Crippen LogP contribution in [0.5, 0.6) is 0 Å². The van der Waals surface area contributed by atoms with Gasteiger partial charge in [-0.25, -0.2) is 9.48 Å². The lowest BCUT2D eigenvalue weighted by molar-refractivity contribution is 0.0380. The number of ether oxygens (including phenoxy) is 2. The lowest BCUT2D eigenvalue weighted by atomic mass is 10.3. The molecule has 0 saturated carbocycles. The summed E-state index contributed by atoms with van der Waals surface area (Å²) in [5, 5.41) is 16.4. The number of nitrogens with zero attached hydrogens (tertiary/aromatic N) is 3. The first kappa shape index (κ1) is 14.6. The fraction of sp³-hybridized carbons (Fsp3) is 0.727. The molecule has 0 aromatic carbocycles. The average Bonchev–Trinajstić information content (AvgIpc) is 2.72. The second-order valence-electron chi connectivity index (χ2n) is 3.81. The van der Waals surface area contributed by atoms with E-state index in [1.54, 1.807) is 11.6 Å². The zero-order valence-electron chi connectivity index (χ0n) is 10.8. The Morgan fingerprint density at radius 1 is 1.39 bits per heavy atom. The molecule has 1 aromatic rings. The van der Waals surface area contributed by atoms with Gasteiger partial charge in [-0.05, 0) is 19.8 Å². The molecular formula is C11H19N3O4. The zero-order valence-corrected chi connectivity index (χ0v) is 10.8. The van der Waals surface area contributed by atoms with Gasteiger partial charge in [0.1, 0.15) is 6.61 Å². The molecule has 7 nitrogen and oxygen atoms in total. The molecule has 1 heterocycles. The van der Waals surface area contributed by atoms with E-state index in [2.05, 4.69) is 10.3 Å². The summed E-state index contributed by atoms with van der Waals surface area (Å²) >= 11 is 0. The molecule has 7 heteroatoms. The molecule has 1 rings (SSSR count). The minimum atomic E-state index is -0.488. The van der Waals surface area contributed by atoms with E-state index in [0.29, 0.717) is 25.3 Å². The van der Waals surface area contributed by atoms with Crippen molar-refractivity contribution in [3.63, 3.8) is 0 Å². The third-order valence-corrected chi connectivity index (χ3v) is 2.47. The summed E-state index contributed by atoms with van der Waals surface area (Å²) in [5.41, 5.74) is 0.908. The standard InChI is InChI=1S/C11H19N3O4/c1-9-10(11(16)18-8-7-17-2)12-13-14(9)5-3-4-6-15/h15H,3-8H2,1-2H3. The maximum absolute atomic E-state index is 11.7. The number of esters is 1. The van der Waals surface area contributed by atoms with Crippen LogP contribution in [0.3, 0.4) is 0 Å². The molecule has 0 aliphatic heterocycles. The number of aliphatic hydroxyl groups excluding tert-OH is 1. The van der Waals surface area contributed by atoms with E-state index in [1.165, 1.54) is 7.11 Å². The summed E-state index contributed by atoms with van der Waals surface area (Å²) < 4.78 is 11.4. The van der Waals surface area contributed by atoms with E-state index in [9.17, 15) is 4.79 Å². The molecule has 0 bridgehead atoms. The molecule has 0 aliphatic carbocycles. The van der Waals surface area contributed by atoms with E-state index in [1.807, 2.05) is 0 Å². The molecule has 102 valence electrons. The van der Waals surface area contributed by atoms with Crippen molar-refractivity contribution >= 4 is 5.97 Å². The van der Waals surface area contributed by atoms with Crippen LogP contribution in [-0.4, -0.2) is 53.0 Å². The second-order valence-corrected chi connectivity index (χ2v) is 3.81. The summed E-state index contributed by atoms with van der Waals surface area (Å²) in [6.45, 7) is 3.11. The Labute approximate surface area is 106 Å². The van der Waals surface area contributed by atoms with Crippen LogP contribution in [0, 0.1) is 6.92 Å². The van der Waals surface area contributed by atoms with Gasteiger partial charge >= 0.3 is 5.97 Å². The first-order valence-corrected chi connectivity index (χ1v) is 5.87. The third kappa shape index (κ3) is 4.08. The van der Waals surface area contributed by atoms with Crippen molar-refractivity contribution in [3.05, 3.63) is 11.4 Å². The topological polar surface area (TPSA) is 86.5 Å². The maximum Gasteiger partial charge on any atom is 0.360 e. The SMILES string of the molecule is COCCOC(=O)c1nnn(CCCCO)c1C. The molecule has 0 saturated heterocycles. The number of hydrogen-bond donors (Lipinski definition) is 1. The molecule has 0 atom stereocenters. The van der Waals surface area contributed by atoms with E-state index in [0.717, 1.165) is 6.42 Å². The van der Waals surface area contributed by atoms with Crippen LogP contribution in [0.25, 0.3) is 0 Å². The second kappa shape index (κ2) is 7.78. The van der Waals surface area contributed by atoms with Crippen molar-refractivity contribution in [3.8, 4) is 0 Å². The van der Waals surface area contributed by atoms with Gasteiger partial charge in [0, 0.05) is 20.3 Å². The average molecular weight is 257 g/mol. The predicted molar refractivity (Wildman–Crippen MR) is 63.2 cm³/mol. The number of aromatic nitrogens is 3. The van der Waals surface area contributed by atoms with Gasteiger partial charge in [0.05, 0.1) is 12.3 Å². The van der Waals surface area contributed by atoms with Crippen LogP contribution in [0.1, 0.15) is 29.0 Å². The van der Waals surface area contributed by atoms with E-state index >= 15 is 0 Å². The van der Waals surface area contributed by atoms with Gasteiger partial charge in [-0.15, -0.1) is 5.10 Å². The van der Waals surface area contributed by atoms with Crippen molar-refractivity contribution < 1.29 is 19.4 Å². The van der Waals surface area contributed by atoms with E-state index in [4.69, 9.17) is 14.6 Å². The number of methoxy groups -OCH3 is 1. The molecular weight excluding hydrogens is 238 g/mol. The first-order chi connectivity index (χ1) is 8.70. The molecule has 1 N–H and O–H groups in total. The Balaban J connectivity index is 2.53. The zero-order chi connectivity index (χ0) is 13.4. The fourth-order valence-electron chi connectivity index (χ4n) is 1.42. The summed E-state index contributed by atoms with van der Waals surface area (Å²) in [6.07, 6.45) is 1.49. The maximum atomic E-state index is 11.7. The van der Waals surface area contributed by atoms with Crippen molar-refractivity contribution in [1.82, 2.24) is 15.0 Å². The molecule has 1 aromatic heterocycles. The largest absolute Gasteiger partial charge is 0.458 e. The smallest absolute Gasteiger partial charge is 0.360 e. The van der Waals surface area contributed by atoms with Crippen LogP contribution >= 0.6 is 0 Å². The molecule has 0 amide bonds. The highest BCUT2D eigenvalue weighted by Gasteiger charge is 2.17. The quantitative estimate of drug-likeness (QED) is 0.527. The molecule has 0 spiro atoms. The highest BCUT2D eigenvalue weighted by atomic mass is 16.6. The van der Waals surface area contributed by atoms with Gasteiger partial charge in [0.25, 0.3) is 0 Å². The van der Waals surface area contributed by atoms with Gasteiger partial charge in [0.15, 0.2) is 5.69 Å². The van der Waals surface area contributed by atoms with Gasteiger partial charge in [0.2, 0.25) is 0 Å². The Kier molecular flexibility index (Phi) is 6.31. The molecule has 0 unspecified atom stereocenters. The summed E-state index contributed by atoms with van der Waals surface area (Å²) in [5.74, 6) is -0.488. The molecule has 18 heavy (non-hydrogen) atoms. The molecule has 0 aliphatic rings. The lowest BCUT2D eigenvalue weighted by Gasteiger charge is -2.03. The monoisotopic (exact) mass is 257 g/mol. The number of hydrogen-bond acceptors (Lipinski definition) is 6.